The monoisotopic (exact) mass is 261 g/mol. The van der Waals surface area contributed by atoms with E-state index in [4.69, 9.17) is 5.73 Å². The minimum atomic E-state index is 0.0673. The van der Waals surface area contributed by atoms with E-state index < -0.39 is 0 Å². The molecule has 19 heavy (non-hydrogen) atoms. The van der Waals surface area contributed by atoms with Crippen molar-refractivity contribution in [2.45, 2.75) is 51.5 Å². The quantitative estimate of drug-likeness (QED) is 0.882. The topological polar surface area (TPSA) is 42.1 Å². The van der Waals surface area contributed by atoms with E-state index in [1.165, 1.54) is 37.8 Å². The van der Waals surface area contributed by atoms with Crippen LogP contribution in [0.1, 0.15) is 57.2 Å². The highest BCUT2D eigenvalue weighted by molar-refractivity contribution is 5.43. The standard InChI is InChI=1S/C16H27N3/c1-3-15(17)16-10-9-14(11-18-16)19(2)12-13-7-5-4-6-8-13/h9-11,13,15H,3-8,12,17H2,1-2H3/t15-/m1/s1. The van der Waals surface area contributed by atoms with Gasteiger partial charge in [0, 0.05) is 19.6 Å². The van der Waals surface area contributed by atoms with Gasteiger partial charge in [-0.1, -0.05) is 26.2 Å². The van der Waals surface area contributed by atoms with E-state index in [1.54, 1.807) is 0 Å². The van der Waals surface area contributed by atoms with Crippen LogP contribution in [0.5, 0.6) is 0 Å². The Kier molecular flexibility index (Phi) is 5.20. The Morgan fingerprint density at radius 2 is 2.05 bits per heavy atom. The van der Waals surface area contributed by atoms with E-state index in [1.807, 2.05) is 6.20 Å². The highest BCUT2D eigenvalue weighted by atomic mass is 15.1. The second-order valence-corrected chi connectivity index (χ2v) is 5.84. The highest BCUT2D eigenvalue weighted by Crippen LogP contribution is 2.26. The van der Waals surface area contributed by atoms with Crippen LogP contribution in [0.4, 0.5) is 5.69 Å². The van der Waals surface area contributed by atoms with Gasteiger partial charge in [0.1, 0.15) is 0 Å². The van der Waals surface area contributed by atoms with Crippen molar-refractivity contribution < 1.29 is 0 Å². The summed E-state index contributed by atoms with van der Waals surface area (Å²) in [5.41, 5.74) is 8.20. The second kappa shape index (κ2) is 6.90. The molecule has 1 aromatic rings. The molecule has 1 atom stereocenters. The fourth-order valence-corrected chi connectivity index (χ4v) is 2.91. The van der Waals surface area contributed by atoms with Gasteiger partial charge in [0.2, 0.25) is 0 Å². The third-order valence-corrected chi connectivity index (χ3v) is 4.29. The predicted molar refractivity (Wildman–Crippen MR) is 81.3 cm³/mol. The molecule has 1 aliphatic rings. The Morgan fingerprint density at radius 1 is 1.32 bits per heavy atom. The Labute approximate surface area is 117 Å². The third-order valence-electron chi connectivity index (χ3n) is 4.29. The zero-order valence-electron chi connectivity index (χ0n) is 12.3. The van der Waals surface area contributed by atoms with Crippen molar-refractivity contribution in [3.63, 3.8) is 0 Å². The van der Waals surface area contributed by atoms with Gasteiger partial charge in [-0.15, -0.1) is 0 Å². The molecule has 2 rings (SSSR count). The van der Waals surface area contributed by atoms with Crippen molar-refractivity contribution in [1.29, 1.82) is 0 Å². The maximum Gasteiger partial charge on any atom is 0.0572 e. The summed E-state index contributed by atoms with van der Waals surface area (Å²) >= 11 is 0. The van der Waals surface area contributed by atoms with Gasteiger partial charge in [0.25, 0.3) is 0 Å². The number of rotatable bonds is 5. The fourth-order valence-electron chi connectivity index (χ4n) is 2.91. The smallest absolute Gasteiger partial charge is 0.0572 e. The SMILES string of the molecule is CC[C@@H](N)c1ccc(N(C)CC2CCCCC2)cn1. The van der Waals surface area contributed by atoms with Crippen molar-refractivity contribution in [2.24, 2.45) is 11.7 Å². The van der Waals surface area contributed by atoms with E-state index in [9.17, 15) is 0 Å². The van der Waals surface area contributed by atoms with E-state index in [-0.39, 0.29) is 6.04 Å². The first-order valence-electron chi connectivity index (χ1n) is 7.63. The summed E-state index contributed by atoms with van der Waals surface area (Å²) in [7, 11) is 2.17. The molecule has 1 aromatic heterocycles. The zero-order valence-corrected chi connectivity index (χ0v) is 12.3. The average molecular weight is 261 g/mol. The lowest BCUT2D eigenvalue weighted by Crippen LogP contribution is -2.27. The molecule has 106 valence electrons. The van der Waals surface area contributed by atoms with E-state index >= 15 is 0 Å². The predicted octanol–water partition coefficient (Wildman–Crippen LogP) is 3.51. The number of anilines is 1. The maximum atomic E-state index is 5.99. The van der Waals surface area contributed by atoms with E-state index in [0.29, 0.717) is 0 Å². The minimum Gasteiger partial charge on any atom is -0.373 e. The van der Waals surface area contributed by atoms with Crippen LogP contribution >= 0.6 is 0 Å². The molecule has 0 unspecified atom stereocenters. The average Bonchev–Trinajstić information content (AvgIpc) is 2.47. The molecule has 1 saturated carbocycles. The summed E-state index contributed by atoms with van der Waals surface area (Å²) in [4.78, 5) is 6.83. The third kappa shape index (κ3) is 3.93. The van der Waals surface area contributed by atoms with Gasteiger partial charge in [-0.3, -0.25) is 4.98 Å². The molecule has 0 aliphatic heterocycles. The lowest BCUT2D eigenvalue weighted by molar-refractivity contribution is 0.362. The van der Waals surface area contributed by atoms with Crippen molar-refractivity contribution >= 4 is 5.69 Å². The molecule has 1 heterocycles. The first kappa shape index (κ1) is 14.3. The van der Waals surface area contributed by atoms with Crippen molar-refractivity contribution in [3.05, 3.63) is 24.0 Å². The molecule has 0 saturated heterocycles. The van der Waals surface area contributed by atoms with Crippen molar-refractivity contribution in [1.82, 2.24) is 4.98 Å². The normalized spacial score (nSPS) is 18.3. The molecular formula is C16H27N3. The summed E-state index contributed by atoms with van der Waals surface area (Å²) in [5.74, 6) is 0.858. The molecule has 0 radical (unpaired) electrons. The van der Waals surface area contributed by atoms with Crippen LogP contribution in [-0.4, -0.2) is 18.6 Å². The summed E-state index contributed by atoms with van der Waals surface area (Å²) in [6.45, 7) is 3.25. The van der Waals surface area contributed by atoms with Gasteiger partial charge >= 0.3 is 0 Å². The molecule has 3 nitrogen and oxygen atoms in total. The van der Waals surface area contributed by atoms with Gasteiger partial charge in [-0.2, -0.15) is 0 Å². The second-order valence-electron chi connectivity index (χ2n) is 5.84. The van der Waals surface area contributed by atoms with Crippen LogP contribution in [0.15, 0.2) is 18.3 Å². The Bertz CT molecular complexity index is 368. The number of nitrogens with two attached hydrogens (primary N) is 1. The van der Waals surface area contributed by atoms with Crippen molar-refractivity contribution in [3.8, 4) is 0 Å². The maximum absolute atomic E-state index is 5.99. The van der Waals surface area contributed by atoms with Gasteiger partial charge < -0.3 is 10.6 Å². The van der Waals surface area contributed by atoms with Crippen LogP contribution in [0.3, 0.4) is 0 Å². The molecule has 0 bridgehead atoms. The van der Waals surface area contributed by atoms with Crippen LogP contribution in [0, 0.1) is 5.92 Å². The number of hydrogen-bond acceptors (Lipinski definition) is 3. The Balaban J connectivity index is 1.93. The number of pyridine rings is 1. The van der Waals surface area contributed by atoms with E-state index in [0.717, 1.165) is 24.6 Å². The molecule has 0 spiro atoms. The van der Waals surface area contributed by atoms with Crippen LogP contribution < -0.4 is 10.6 Å². The Hall–Kier alpha value is -1.09. The first-order chi connectivity index (χ1) is 9.20. The highest BCUT2D eigenvalue weighted by Gasteiger charge is 2.16. The number of hydrogen-bond donors (Lipinski definition) is 1. The van der Waals surface area contributed by atoms with Gasteiger partial charge in [0.05, 0.1) is 17.6 Å². The number of aromatic nitrogens is 1. The lowest BCUT2D eigenvalue weighted by Gasteiger charge is -2.28. The van der Waals surface area contributed by atoms with E-state index in [2.05, 4.69) is 36.0 Å². The van der Waals surface area contributed by atoms with Gasteiger partial charge in [-0.25, -0.2) is 0 Å². The summed E-state index contributed by atoms with van der Waals surface area (Å²) < 4.78 is 0. The minimum absolute atomic E-state index is 0.0673. The molecular weight excluding hydrogens is 234 g/mol. The molecule has 0 aromatic carbocycles. The number of nitrogens with zero attached hydrogens (tertiary/aromatic N) is 2. The molecule has 2 N–H and O–H groups in total. The fraction of sp³-hybridized carbons (Fsp3) is 0.688. The largest absolute Gasteiger partial charge is 0.373 e. The van der Waals surface area contributed by atoms with Gasteiger partial charge in [0.15, 0.2) is 0 Å². The summed E-state index contributed by atoms with van der Waals surface area (Å²) in [6.07, 6.45) is 9.90. The molecule has 1 fully saturated rings. The van der Waals surface area contributed by atoms with Crippen LogP contribution in [-0.2, 0) is 0 Å². The first-order valence-corrected chi connectivity index (χ1v) is 7.63. The summed E-state index contributed by atoms with van der Waals surface area (Å²) in [6, 6.07) is 4.29. The lowest BCUT2D eigenvalue weighted by atomic mass is 9.89. The Morgan fingerprint density at radius 3 is 2.63 bits per heavy atom. The molecule has 1 aliphatic carbocycles. The zero-order chi connectivity index (χ0) is 13.7. The molecule has 3 heteroatoms. The van der Waals surface area contributed by atoms with Crippen LogP contribution in [0.25, 0.3) is 0 Å². The van der Waals surface area contributed by atoms with Gasteiger partial charge in [-0.05, 0) is 37.3 Å². The van der Waals surface area contributed by atoms with Crippen LogP contribution in [0.2, 0.25) is 0 Å². The summed E-state index contributed by atoms with van der Waals surface area (Å²) in [5, 5.41) is 0. The van der Waals surface area contributed by atoms with Crippen molar-refractivity contribution in [2.75, 3.05) is 18.5 Å². The molecule has 0 amide bonds.